The summed E-state index contributed by atoms with van der Waals surface area (Å²) in [4.78, 5) is 23.1. The van der Waals surface area contributed by atoms with Crippen LogP contribution >= 0.6 is 0 Å². The Morgan fingerprint density at radius 1 is 1.35 bits per heavy atom. The number of carbonyl (C=O) groups excluding carboxylic acids is 1. The minimum Gasteiger partial charge on any atom is -0.459 e. The lowest BCUT2D eigenvalue weighted by atomic mass is 10.1. The number of amides is 2. The van der Waals surface area contributed by atoms with Crippen LogP contribution in [0.15, 0.2) is 47.3 Å². The average Bonchev–Trinajstić information content (AvgIpc) is 3.04. The predicted octanol–water partition coefficient (Wildman–Crippen LogP) is 3.32. The molecule has 0 bridgehead atoms. The maximum absolute atomic E-state index is 12.5. The Morgan fingerprint density at radius 2 is 2.27 bits per heavy atom. The Kier molecular flexibility index (Phi) is 4.43. The summed E-state index contributed by atoms with van der Waals surface area (Å²) in [7, 11) is 0. The van der Waals surface area contributed by atoms with Crippen LogP contribution in [-0.2, 0) is 0 Å². The fourth-order valence-electron chi connectivity index (χ4n) is 3.39. The van der Waals surface area contributed by atoms with Crippen LogP contribution in [0.2, 0.25) is 0 Å². The number of aryl methyl sites for hydroxylation is 1. The first-order chi connectivity index (χ1) is 12.7. The third-order valence-corrected chi connectivity index (χ3v) is 4.55. The van der Waals surface area contributed by atoms with Crippen molar-refractivity contribution in [2.24, 2.45) is 0 Å². The average molecular weight is 351 g/mol. The summed E-state index contributed by atoms with van der Waals surface area (Å²) in [5.74, 6) is 1.66. The third kappa shape index (κ3) is 3.46. The van der Waals surface area contributed by atoms with E-state index in [0.29, 0.717) is 11.3 Å². The fourth-order valence-corrected chi connectivity index (χ4v) is 3.39. The van der Waals surface area contributed by atoms with Gasteiger partial charge in [-0.2, -0.15) is 0 Å². The van der Waals surface area contributed by atoms with E-state index in [1.807, 2.05) is 31.2 Å². The van der Waals surface area contributed by atoms with E-state index in [1.54, 1.807) is 18.6 Å². The van der Waals surface area contributed by atoms with E-state index in [9.17, 15) is 4.79 Å². The molecule has 7 nitrogen and oxygen atoms in total. The zero-order valence-corrected chi connectivity index (χ0v) is 14.6. The van der Waals surface area contributed by atoms with Crippen LogP contribution in [-0.4, -0.2) is 35.1 Å². The Balaban J connectivity index is 1.41. The number of aromatic nitrogens is 2. The summed E-state index contributed by atoms with van der Waals surface area (Å²) < 4.78 is 5.70. The maximum Gasteiger partial charge on any atom is 0.319 e. The molecule has 26 heavy (non-hydrogen) atoms. The second-order valence-corrected chi connectivity index (χ2v) is 6.53. The summed E-state index contributed by atoms with van der Waals surface area (Å²) in [6, 6.07) is 7.51. The summed E-state index contributed by atoms with van der Waals surface area (Å²) in [6.07, 6.45) is 7.03. The number of furan rings is 1. The van der Waals surface area contributed by atoms with E-state index in [0.717, 1.165) is 42.9 Å². The third-order valence-electron chi connectivity index (χ3n) is 4.55. The van der Waals surface area contributed by atoms with Crippen molar-refractivity contribution in [3.63, 3.8) is 0 Å². The molecule has 2 amide bonds. The molecule has 0 spiro atoms. The first-order valence-corrected chi connectivity index (χ1v) is 8.77. The second kappa shape index (κ2) is 7.03. The van der Waals surface area contributed by atoms with E-state index in [-0.39, 0.29) is 12.1 Å². The number of para-hydroxylation sites is 1. The molecule has 1 fully saturated rings. The SMILES string of the molecule is Cc1cc2cccc(NC(=O)N[C@H]3CCCN(c4cnccn4)C3)c2o1. The number of nitrogens with one attached hydrogen (secondary N) is 2. The lowest BCUT2D eigenvalue weighted by Crippen LogP contribution is -2.49. The molecule has 7 heteroatoms. The van der Waals surface area contributed by atoms with Gasteiger partial charge in [-0.3, -0.25) is 4.98 Å². The van der Waals surface area contributed by atoms with Crippen molar-refractivity contribution in [1.29, 1.82) is 0 Å². The summed E-state index contributed by atoms with van der Waals surface area (Å²) >= 11 is 0. The van der Waals surface area contributed by atoms with Gasteiger partial charge in [0.1, 0.15) is 11.6 Å². The first kappa shape index (κ1) is 16.4. The molecule has 0 unspecified atom stereocenters. The molecule has 0 aliphatic carbocycles. The molecule has 134 valence electrons. The Hall–Kier alpha value is -3.09. The second-order valence-electron chi connectivity index (χ2n) is 6.53. The molecule has 3 aromatic rings. The molecule has 2 N–H and O–H groups in total. The molecule has 0 radical (unpaired) electrons. The van der Waals surface area contributed by atoms with Crippen molar-refractivity contribution < 1.29 is 9.21 Å². The van der Waals surface area contributed by atoms with Gasteiger partial charge in [0.2, 0.25) is 0 Å². The number of hydrogen-bond donors (Lipinski definition) is 2. The number of urea groups is 1. The van der Waals surface area contributed by atoms with Crippen LogP contribution in [0.5, 0.6) is 0 Å². The van der Waals surface area contributed by atoms with Gasteiger partial charge in [-0.05, 0) is 31.9 Å². The molecule has 0 saturated carbocycles. The zero-order chi connectivity index (χ0) is 17.9. The van der Waals surface area contributed by atoms with Gasteiger partial charge in [0.25, 0.3) is 0 Å². The minimum absolute atomic E-state index is 0.0586. The van der Waals surface area contributed by atoms with Crippen LogP contribution in [0, 0.1) is 6.92 Å². The highest BCUT2D eigenvalue weighted by Crippen LogP contribution is 2.26. The highest BCUT2D eigenvalue weighted by Gasteiger charge is 2.22. The fraction of sp³-hybridized carbons (Fsp3) is 0.316. The quantitative estimate of drug-likeness (QED) is 0.756. The number of piperidine rings is 1. The number of anilines is 2. The van der Waals surface area contributed by atoms with Gasteiger partial charge in [-0.1, -0.05) is 12.1 Å². The Bertz CT molecular complexity index is 909. The van der Waals surface area contributed by atoms with Gasteiger partial charge in [0, 0.05) is 36.9 Å². The minimum atomic E-state index is -0.224. The van der Waals surface area contributed by atoms with Gasteiger partial charge in [0.05, 0.1) is 11.9 Å². The molecule has 1 aromatic carbocycles. The van der Waals surface area contributed by atoms with E-state index >= 15 is 0 Å². The smallest absolute Gasteiger partial charge is 0.319 e. The molecular formula is C19H21N5O2. The molecule has 1 atom stereocenters. The number of benzene rings is 1. The Labute approximate surface area is 151 Å². The molecule has 1 saturated heterocycles. The first-order valence-electron chi connectivity index (χ1n) is 8.77. The van der Waals surface area contributed by atoms with Crippen LogP contribution < -0.4 is 15.5 Å². The van der Waals surface area contributed by atoms with Gasteiger partial charge in [-0.15, -0.1) is 0 Å². The maximum atomic E-state index is 12.5. The highest BCUT2D eigenvalue weighted by molar-refractivity contribution is 5.99. The zero-order valence-electron chi connectivity index (χ0n) is 14.6. The topological polar surface area (TPSA) is 83.3 Å². The van der Waals surface area contributed by atoms with E-state index in [4.69, 9.17) is 4.42 Å². The molecule has 1 aliphatic heterocycles. The van der Waals surface area contributed by atoms with Crippen LogP contribution in [0.1, 0.15) is 18.6 Å². The predicted molar refractivity (Wildman–Crippen MR) is 100 cm³/mol. The van der Waals surface area contributed by atoms with Crippen LogP contribution in [0.25, 0.3) is 11.0 Å². The Morgan fingerprint density at radius 3 is 3.12 bits per heavy atom. The largest absolute Gasteiger partial charge is 0.459 e. The van der Waals surface area contributed by atoms with E-state index in [1.165, 1.54) is 0 Å². The lowest BCUT2D eigenvalue weighted by Gasteiger charge is -2.33. The summed E-state index contributed by atoms with van der Waals surface area (Å²) in [6.45, 7) is 3.53. The highest BCUT2D eigenvalue weighted by atomic mass is 16.3. The van der Waals surface area contributed by atoms with Crippen molar-refractivity contribution >= 4 is 28.5 Å². The molecular weight excluding hydrogens is 330 g/mol. The molecule has 1 aliphatic rings. The van der Waals surface area contributed by atoms with E-state index in [2.05, 4.69) is 25.5 Å². The monoisotopic (exact) mass is 351 g/mol. The molecule has 2 aromatic heterocycles. The molecule has 3 heterocycles. The van der Waals surface area contributed by atoms with Crippen molar-refractivity contribution in [2.45, 2.75) is 25.8 Å². The van der Waals surface area contributed by atoms with Crippen LogP contribution in [0.4, 0.5) is 16.3 Å². The number of carbonyl (C=O) groups is 1. The van der Waals surface area contributed by atoms with Gasteiger partial charge in [0.15, 0.2) is 5.58 Å². The van der Waals surface area contributed by atoms with E-state index < -0.39 is 0 Å². The number of rotatable bonds is 3. The summed E-state index contributed by atoms with van der Waals surface area (Å²) in [5, 5.41) is 6.95. The number of nitrogens with zero attached hydrogens (tertiary/aromatic N) is 3. The van der Waals surface area contributed by atoms with Crippen molar-refractivity contribution in [3.8, 4) is 0 Å². The number of hydrogen-bond acceptors (Lipinski definition) is 5. The summed E-state index contributed by atoms with van der Waals surface area (Å²) in [5.41, 5.74) is 1.37. The van der Waals surface area contributed by atoms with Gasteiger partial charge in [-0.25, -0.2) is 9.78 Å². The normalized spacial score (nSPS) is 17.3. The van der Waals surface area contributed by atoms with Crippen molar-refractivity contribution in [3.05, 3.63) is 48.6 Å². The number of fused-ring (bicyclic) bond motifs is 1. The van der Waals surface area contributed by atoms with Crippen molar-refractivity contribution in [1.82, 2.24) is 15.3 Å². The standard InChI is InChI=1S/C19H21N5O2/c1-13-10-14-4-2-6-16(18(14)26-13)23-19(25)22-15-5-3-9-24(12-15)17-11-20-7-8-21-17/h2,4,6-8,10-11,15H,3,5,9,12H2,1H3,(H2,22,23,25)/t15-/m0/s1. The van der Waals surface area contributed by atoms with Gasteiger partial charge >= 0.3 is 6.03 Å². The lowest BCUT2D eigenvalue weighted by molar-refractivity contribution is 0.246. The molecule has 4 rings (SSSR count). The van der Waals surface area contributed by atoms with Crippen LogP contribution in [0.3, 0.4) is 0 Å². The van der Waals surface area contributed by atoms with Gasteiger partial charge < -0.3 is 20.0 Å². The van der Waals surface area contributed by atoms with Crippen molar-refractivity contribution in [2.75, 3.05) is 23.3 Å².